The maximum Gasteiger partial charge on any atom is 0.00399 e. The molecule has 2 heteroatoms. The summed E-state index contributed by atoms with van der Waals surface area (Å²) in [5.41, 5.74) is 11.3. The van der Waals surface area contributed by atoms with Crippen molar-refractivity contribution in [2.75, 3.05) is 0 Å². The molecule has 12 heavy (non-hydrogen) atoms. The molecule has 0 heterocycles. The number of rotatable bonds is 0. The number of hydrogen-bond donors (Lipinski definition) is 2. The Labute approximate surface area is 76.7 Å². The van der Waals surface area contributed by atoms with E-state index in [4.69, 9.17) is 11.5 Å². The van der Waals surface area contributed by atoms with Crippen LogP contribution in [0.15, 0.2) is 0 Å². The number of hydrogen-bond acceptors (Lipinski definition) is 2. The lowest BCUT2D eigenvalue weighted by Crippen LogP contribution is -2.33. The molecular weight excluding hydrogens is 148 g/mol. The molecule has 1 aliphatic rings. The fourth-order valence-electron chi connectivity index (χ4n) is 1.14. The lowest BCUT2D eigenvalue weighted by atomic mass is 9.93. The minimum absolute atomic E-state index is 0.440. The van der Waals surface area contributed by atoms with Gasteiger partial charge in [-0.3, -0.25) is 0 Å². The largest absolute Gasteiger partial charge is 0.328 e. The molecule has 0 bridgehead atoms. The Morgan fingerprint density at radius 3 is 1.17 bits per heavy atom. The second kappa shape index (κ2) is 6.44. The predicted octanol–water partition coefficient (Wildman–Crippen LogP) is 1.88. The van der Waals surface area contributed by atoms with Gasteiger partial charge in [0.1, 0.15) is 0 Å². The minimum atomic E-state index is 0.440. The Hall–Kier alpha value is -0.0800. The summed E-state index contributed by atoms with van der Waals surface area (Å²) in [6.45, 7) is 6.50. The zero-order valence-corrected chi connectivity index (χ0v) is 8.72. The van der Waals surface area contributed by atoms with Crippen LogP contribution in [-0.2, 0) is 0 Å². The van der Waals surface area contributed by atoms with Gasteiger partial charge in [0, 0.05) is 12.1 Å². The molecule has 4 N–H and O–H groups in total. The summed E-state index contributed by atoms with van der Waals surface area (Å²) in [6.07, 6.45) is 4.50. The Morgan fingerprint density at radius 1 is 0.833 bits per heavy atom. The standard InChI is InChI=1S/C6H14N2.C4H10/c7-5-1-2-6(8)4-3-5;1-4(2)3/h5-6H,1-4,7-8H2;4H,1-3H3. The van der Waals surface area contributed by atoms with Crippen molar-refractivity contribution in [2.24, 2.45) is 17.4 Å². The second-order valence-corrected chi connectivity index (χ2v) is 4.41. The van der Waals surface area contributed by atoms with Crippen molar-refractivity contribution in [1.29, 1.82) is 0 Å². The summed E-state index contributed by atoms with van der Waals surface area (Å²) >= 11 is 0. The van der Waals surface area contributed by atoms with Gasteiger partial charge in [0.15, 0.2) is 0 Å². The first-order chi connectivity index (χ1) is 5.52. The topological polar surface area (TPSA) is 52.0 Å². The van der Waals surface area contributed by atoms with E-state index < -0.39 is 0 Å². The molecule has 74 valence electrons. The van der Waals surface area contributed by atoms with E-state index in [9.17, 15) is 0 Å². The molecule has 1 saturated carbocycles. The minimum Gasteiger partial charge on any atom is -0.328 e. The molecule has 0 spiro atoms. The average molecular weight is 172 g/mol. The van der Waals surface area contributed by atoms with E-state index in [1.807, 2.05) is 0 Å². The van der Waals surface area contributed by atoms with Crippen LogP contribution in [0.5, 0.6) is 0 Å². The van der Waals surface area contributed by atoms with Crippen LogP contribution < -0.4 is 11.5 Å². The van der Waals surface area contributed by atoms with Crippen LogP contribution in [0.3, 0.4) is 0 Å². The highest BCUT2D eigenvalue weighted by molar-refractivity contribution is 4.75. The van der Waals surface area contributed by atoms with Crippen molar-refractivity contribution < 1.29 is 0 Å². The summed E-state index contributed by atoms with van der Waals surface area (Å²) in [5, 5.41) is 0. The molecule has 0 saturated heterocycles. The SMILES string of the molecule is CC(C)C.NC1CCC(N)CC1. The van der Waals surface area contributed by atoms with Crippen molar-refractivity contribution in [2.45, 2.75) is 58.5 Å². The normalized spacial score (nSPS) is 29.5. The van der Waals surface area contributed by atoms with Crippen LogP contribution >= 0.6 is 0 Å². The van der Waals surface area contributed by atoms with Crippen molar-refractivity contribution in [1.82, 2.24) is 0 Å². The van der Waals surface area contributed by atoms with Gasteiger partial charge in [-0.1, -0.05) is 20.8 Å². The quantitative estimate of drug-likeness (QED) is 0.586. The molecule has 0 aromatic rings. The molecule has 0 aromatic heterocycles. The molecule has 0 atom stereocenters. The average Bonchev–Trinajstić information content (AvgIpc) is 1.94. The lowest BCUT2D eigenvalue weighted by molar-refractivity contribution is 0.395. The van der Waals surface area contributed by atoms with Gasteiger partial charge in [-0.25, -0.2) is 0 Å². The monoisotopic (exact) mass is 172 g/mol. The third kappa shape index (κ3) is 8.02. The van der Waals surface area contributed by atoms with Crippen molar-refractivity contribution in [3.05, 3.63) is 0 Å². The fraction of sp³-hybridized carbons (Fsp3) is 1.00. The highest BCUT2D eigenvalue weighted by Gasteiger charge is 2.13. The molecule has 0 aliphatic heterocycles. The van der Waals surface area contributed by atoms with Gasteiger partial charge in [-0.05, 0) is 31.6 Å². The summed E-state index contributed by atoms with van der Waals surface area (Å²) in [6, 6.07) is 0.879. The van der Waals surface area contributed by atoms with Crippen molar-refractivity contribution in [3.63, 3.8) is 0 Å². The maximum atomic E-state index is 5.64. The van der Waals surface area contributed by atoms with Gasteiger partial charge in [0.05, 0.1) is 0 Å². The van der Waals surface area contributed by atoms with Crippen LogP contribution in [0.1, 0.15) is 46.5 Å². The molecule has 0 amide bonds. The molecule has 1 aliphatic carbocycles. The van der Waals surface area contributed by atoms with E-state index >= 15 is 0 Å². The highest BCUT2D eigenvalue weighted by Crippen LogP contribution is 2.14. The van der Waals surface area contributed by atoms with E-state index in [1.54, 1.807) is 0 Å². The summed E-state index contributed by atoms with van der Waals surface area (Å²) in [4.78, 5) is 0. The molecule has 2 nitrogen and oxygen atoms in total. The Balaban J connectivity index is 0.000000261. The third-order valence-electron chi connectivity index (χ3n) is 1.82. The van der Waals surface area contributed by atoms with Crippen molar-refractivity contribution in [3.8, 4) is 0 Å². The molecule has 0 radical (unpaired) electrons. The van der Waals surface area contributed by atoms with E-state index in [0.717, 1.165) is 31.6 Å². The number of nitrogens with two attached hydrogens (primary N) is 2. The van der Waals surface area contributed by atoms with Crippen LogP contribution in [0, 0.1) is 5.92 Å². The summed E-state index contributed by atoms with van der Waals surface area (Å²) < 4.78 is 0. The summed E-state index contributed by atoms with van der Waals surface area (Å²) in [5.74, 6) is 0.833. The molecule has 0 aromatic carbocycles. The van der Waals surface area contributed by atoms with Crippen LogP contribution in [0.4, 0.5) is 0 Å². The zero-order chi connectivity index (χ0) is 9.56. The lowest BCUT2D eigenvalue weighted by Gasteiger charge is -2.22. The van der Waals surface area contributed by atoms with E-state index in [0.29, 0.717) is 12.1 Å². The third-order valence-corrected chi connectivity index (χ3v) is 1.82. The van der Waals surface area contributed by atoms with E-state index in [2.05, 4.69) is 20.8 Å². The smallest absolute Gasteiger partial charge is 0.00399 e. The summed E-state index contributed by atoms with van der Waals surface area (Å²) in [7, 11) is 0. The van der Waals surface area contributed by atoms with Gasteiger partial charge in [-0.2, -0.15) is 0 Å². The first-order valence-corrected chi connectivity index (χ1v) is 5.03. The maximum absolute atomic E-state index is 5.64. The van der Waals surface area contributed by atoms with E-state index in [1.165, 1.54) is 0 Å². The van der Waals surface area contributed by atoms with Gasteiger partial charge in [0.2, 0.25) is 0 Å². The Bertz CT molecular complexity index is 81.3. The van der Waals surface area contributed by atoms with E-state index in [-0.39, 0.29) is 0 Å². The van der Waals surface area contributed by atoms with Crippen LogP contribution in [-0.4, -0.2) is 12.1 Å². The Morgan fingerprint density at radius 2 is 1.00 bits per heavy atom. The van der Waals surface area contributed by atoms with Gasteiger partial charge >= 0.3 is 0 Å². The van der Waals surface area contributed by atoms with Crippen molar-refractivity contribution >= 4 is 0 Å². The van der Waals surface area contributed by atoms with Gasteiger partial charge < -0.3 is 11.5 Å². The molecule has 1 fully saturated rings. The Kier molecular flexibility index (Phi) is 6.39. The fourth-order valence-corrected chi connectivity index (χ4v) is 1.14. The zero-order valence-electron chi connectivity index (χ0n) is 8.72. The van der Waals surface area contributed by atoms with Gasteiger partial charge in [0.25, 0.3) is 0 Å². The highest BCUT2D eigenvalue weighted by atomic mass is 14.7. The van der Waals surface area contributed by atoms with Gasteiger partial charge in [-0.15, -0.1) is 0 Å². The molecular formula is C10H24N2. The first-order valence-electron chi connectivity index (χ1n) is 5.03. The second-order valence-electron chi connectivity index (χ2n) is 4.41. The van der Waals surface area contributed by atoms with Crippen LogP contribution in [0.2, 0.25) is 0 Å². The molecule has 1 rings (SSSR count). The van der Waals surface area contributed by atoms with Crippen LogP contribution in [0.25, 0.3) is 0 Å². The first kappa shape index (κ1) is 11.9. The predicted molar refractivity (Wildman–Crippen MR) is 54.9 cm³/mol. The molecule has 0 unspecified atom stereocenters.